The molecule has 0 aliphatic heterocycles. The number of carbonyl (C=O) groups is 1. The molecule has 0 aromatic carbocycles. The highest BCUT2D eigenvalue weighted by Crippen LogP contribution is 2.05. The Labute approximate surface area is 94.8 Å². The van der Waals surface area contributed by atoms with Crippen LogP contribution in [0, 0.1) is 6.92 Å². The fourth-order valence-corrected chi connectivity index (χ4v) is 1.39. The molecule has 16 heavy (non-hydrogen) atoms. The number of aliphatic carboxylic acids is 1. The Morgan fingerprint density at radius 3 is 2.81 bits per heavy atom. The average molecular weight is 226 g/mol. The van der Waals surface area contributed by atoms with Crippen molar-refractivity contribution in [2.45, 2.75) is 19.4 Å². The molecule has 0 saturated carbocycles. The average Bonchev–Trinajstić information content (AvgIpc) is 2.64. The predicted octanol–water partition coefficient (Wildman–Crippen LogP) is 0.393. The molecular weight excluding hydrogens is 208 g/mol. The van der Waals surface area contributed by atoms with Crippen LogP contribution < -0.4 is 10.6 Å². The Bertz CT molecular complexity index is 336. The number of carboxylic acids is 1. The molecule has 1 aromatic heterocycles. The molecule has 5 nitrogen and oxygen atoms in total. The minimum absolute atomic E-state index is 0.408. The van der Waals surface area contributed by atoms with Crippen molar-refractivity contribution < 1.29 is 14.3 Å². The molecule has 1 aromatic rings. The summed E-state index contributed by atoms with van der Waals surface area (Å²) < 4.78 is 5.39. The fourth-order valence-electron chi connectivity index (χ4n) is 1.39. The SMILES string of the molecule is CNC(CNCCc1ccc(C)o1)C(=O)O. The quantitative estimate of drug-likeness (QED) is 0.587. The fraction of sp³-hybridized carbons (Fsp3) is 0.545. The maximum absolute atomic E-state index is 10.7. The largest absolute Gasteiger partial charge is 0.480 e. The number of carboxylic acid groups (broad SMARTS) is 1. The van der Waals surface area contributed by atoms with Gasteiger partial charge in [0, 0.05) is 19.5 Å². The molecule has 90 valence electrons. The van der Waals surface area contributed by atoms with E-state index in [4.69, 9.17) is 9.52 Å². The highest BCUT2D eigenvalue weighted by atomic mass is 16.4. The first-order chi connectivity index (χ1) is 7.63. The van der Waals surface area contributed by atoms with Crippen LogP contribution in [0.5, 0.6) is 0 Å². The normalized spacial score (nSPS) is 12.6. The van der Waals surface area contributed by atoms with E-state index in [1.807, 2.05) is 19.1 Å². The molecule has 0 aliphatic rings. The molecule has 1 heterocycles. The van der Waals surface area contributed by atoms with Gasteiger partial charge < -0.3 is 20.2 Å². The van der Waals surface area contributed by atoms with Crippen molar-refractivity contribution in [3.63, 3.8) is 0 Å². The van der Waals surface area contributed by atoms with E-state index >= 15 is 0 Å². The molecule has 0 aliphatic carbocycles. The second-order valence-electron chi connectivity index (χ2n) is 3.65. The molecule has 0 amide bonds. The summed E-state index contributed by atoms with van der Waals surface area (Å²) in [5, 5.41) is 14.6. The third kappa shape index (κ3) is 4.04. The summed E-state index contributed by atoms with van der Waals surface area (Å²) in [5.41, 5.74) is 0. The molecule has 0 bridgehead atoms. The molecule has 1 atom stereocenters. The Hall–Kier alpha value is -1.33. The van der Waals surface area contributed by atoms with Crippen LogP contribution in [-0.4, -0.2) is 37.3 Å². The summed E-state index contributed by atoms with van der Waals surface area (Å²) in [5.74, 6) is 0.971. The van der Waals surface area contributed by atoms with Crippen molar-refractivity contribution in [2.75, 3.05) is 20.1 Å². The van der Waals surface area contributed by atoms with Crippen LogP contribution in [0.1, 0.15) is 11.5 Å². The van der Waals surface area contributed by atoms with Gasteiger partial charge in [-0.25, -0.2) is 0 Å². The molecule has 1 unspecified atom stereocenters. The predicted molar refractivity (Wildman–Crippen MR) is 60.5 cm³/mol. The van der Waals surface area contributed by atoms with Crippen molar-refractivity contribution in [3.8, 4) is 0 Å². The molecular formula is C11H18N2O3. The summed E-state index contributed by atoms with van der Waals surface area (Å²) in [6, 6.07) is 3.31. The minimum Gasteiger partial charge on any atom is -0.480 e. The van der Waals surface area contributed by atoms with Gasteiger partial charge in [-0.05, 0) is 26.1 Å². The maximum Gasteiger partial charge on any atom is 0.322 e. The van der Waals surface area contributed by atoms with Crippen molar-refractivity contribution in [1.82, 2.24) is 10.6 Å². The first-order valence-corrected chi connectivity index (χ1v) is 5.29. The molecule has 0 spiro atoms. The minimum atomic E-state index is -0.844. The van der Waals surface area contributed by atoms with Crippen molar-refractivity contribution in [2.24, 2.45) is 0 Å². The summed E-state index contributed by atoms with van der Waals surface area (Å²) in [6.45, 7) is 3.02. The lowest BCUT2D eigenvalue weighted by Crippen LogP contribution is -2.43. The van der Waals surface area contributed by atoms with Gasteiger partial charge in [-0.3, -0.25) is 4.79 Å². The summed E-state index contributed by atoms with van der Waals surface area (Å²) in [4.78, 5) is 10.7. The Morgan fingerprint density at radius 2 is 2.31 bits per heavy atom. The van der Waals surface area contributed by atoms with Gasteiger partial charge in [-0.15, -0.1) is 0 Å². The number of aryl methyl sites for hydroxylation is 1. The number of likely N-dealkylation sites (N-methyl/N-ethyl adjacent to an activating group) is 1. The summed E-state index contributed by atoms with van der Waals surface area (Å²) in [7, 11) is 1.64. The van der Waals surface area contributed by atoms with Crippen LogP contribution in [0.3, 0.4) is 0 Å². The van der Waals surface area contributed by atoms with Crippen LogP contribution in [-0.2, 0) is 11.2 Å². The summed E-state index contributed by atoms with van der Waals surface area (Å²) in [6.07, 6.45) is 0.768. The molecule has 5 heteroatoms. The lowest BCUT2D eigenvalue weighted by molar-refractivity contribution is -0.139. The highest BCUT2D eigenvalue weighted by molar-refractivity contribution is 5.73. The summed E-state index contributed by atoms with van der Waals surface area (Å²) >= 11 is 0. The van der Waals surface area contributed by atoms with Gasteiger partial charge in [-0.1, -0.05) is 0 Å². The smallest absolute Gasteiger partial charge is 0.322 e. The van der Waals surface area contributed by atoms with Crippen molar-refractivity contribution in [1.29, 1.82) is 0 Å². The number of hydrogen-bond acceptors (Lipinski definition) is 4. The zero-order valence-corrected chi connectivity index (χ0v) is 9.62. The highest BCUT2D eigenvalue weighted by Gasteiger charge is 2.13. The first-order valence-electron chi connectivity index (χ1n) is 5.29. The number of nitrogens with one attached hydrogen (secondary N) is 2. The molecule has 3 N–H and O–H groups in total. The van der Waals surface area contributed by atoms with Gasteiger partial charge in [-0.2, -0.15) is 0 Å². The van der Waals surface area contributed by atoms with Gasteiger partial charge in [0.05, 0.1) is 0 Å². The molecule has 0 fully saturated rings. The van der Waals surface area contributed by atoms with Crippen LogP contribution in [0.15, 0.2) is 16.5 Å². The maximum atomic E-state index is 10.7. The van der Waals surface area contributed by atoms with Gasteiger partial charge in [0.25, 0.3) is 0 Å². The van der Waals surface area contributed by atoms with E-state index in [0.29, 0.717) is 13.1 Å². The Kier molecular flexibility index (Phi) is 5.01. The van der Waals surface area contributed by atoms with E-state index in [1.54, 1.807) is 7.05 Å². The van der Waals surface area contributed by atoms with E-state index in [2.05, 4.69) is 10.6 Å². The lowest BCUT2D eigenvalue weighted by Gasteiger charge is -2.11. The zero-order valence-electron chi connectivity index (χ0n) is 9.62. The van der Waals surface area contributed by atoms with E-state index in [1.165, 1.54) is 0 Å². The Morgan fingerprint density at radius 1 is 1.56 bits per heavy atom. The Balaban J connectivity index is 2.18. The topological polar surface area (TPSA) is 74.5 Å². The number of hydrogen-bond donors (Lipinski definition) is 3. The zero-order chi connectivity index (χ0) is 12.0. The van der Waals surface area contributed by atoms with Crippen molar-refractivity contribution >= 4 is 5.97 Å². The van der Waals surface area contributed by atoms with Crippen LogP contribution in [0.4, 0.5) is 0 Å². The van der Waals surface area contributed by atoms with E-state index in [9.17, 15) is 4.79 Å². The number of rotatable bonds is 7. The van der Waals surface area contributed by atoms with Crippen LogP contribution >= 0.6 is 0 Å². The van der Waals surface area contributed by atoms with Crippen LogP contribution in [0.25, 0.3) is 0 Å². The third-order valence-electron chi connectivity index (χ3n) is 2.34. The van der Waals surface area contributed by atoms with E-state index < -0.39 is 12.0 Å². The van der Waals surface area contributed by atoms with Gasteiger partial charge in [0.1, 0.15) is 17.6 Å². The van der Waals surface area contributed by atoms with Gasteiger partial charge in [0.2, 0.25) is 0 Å². The van der Waals surface area contributed by atoms with E-state index in [-0.39, 0.29) is 0 Å². The van der Waals surface area contributed by atoms with E-state index in [0.717, 1.165) is 17.9 Å². The second kappa shape index (κ2) is 6.30. The molecule has 1 rings (SSSR count). The standard InChI is InChI=1S/C11H18N2O3/c1-8-3-4-9(16-8)5-6-13-7-10(12-2)11(14)15/h3-4,10,12-13H,5-7H2,1-2H3,(H,14,15). The first kappa shape index (κ1) is 12.7. The van der Waals surface area contributed by atoms with Crippen molar-refractivity contribution in [3.05, 3.63) is 23.7 Å². The molecule has 0 radical (unpaired) electrons. The monoisotopic (exact) mass is 226 g/mol. The second-order valence-corrected chi connectivity index (χ2v) is 3.65. The third-order valence-corrected chi connectivity index (χ3v) is 2.34. The number of furan rings is 1. The molecule has 0 saturated heterocycles. The van der Waals surface area contributed by atoms with Crippen LogP contribution in [0.2, 0.25) is 0 Å². The lowest BCUT2D eigenvalue weighted by atomic mass is 10.3. The van der Waals surface area contributed by atoms with Gasteiger partial charge >= 0.3 is 5.97 Å². The van der Waals surface area contributed by atoms with Gasteiger partial charge in [0.15, 0.2) is 0 Å².